The topological polar surface area (TPSA) is 49.4 Å². The van der Waals surface area contributed by atoms with Crippen LogP contribution in [-0.2, 0) is 16.6 Å². The van der Waals surface area contributed by atoms with Crippen LogP contribution in [0.3, 0.4) is 0 Å². The third-order valence-corrected chi connectivity index (χ3v) is 4.48. The molecule has 0 aliphatic rings. The predicted molar refractivity (Wildman–Crippen MR) is 70.6 cm³/mol. The Balaban J connectivity index is 2.46. The minimum atomic E-state index is -3.22. The summed E-state index contributed by atoms with van der Waals surface area (Å²) in [6.07, 6.45) is 0. The van der Waals surface area contributed by atoms with E-state index in [1.54, 1.807) is 0 Å². The van der Waals surface area contributed by atoms with E-state index >= 15 is 0 Å². The molecule has 0 heterocycles. The van der Waals surface area contributed by atoms with Gasteiger partial charge in [0.2, 0.25) is 10.0 Å². The van der Waals surface area contributed by atoms with Crippen LogP contribution in [0.5, 0.6) is 0 Å². The van der Waals surface area contributed by atoms with Gasteiger partial charge in [-0.3, -0.25) is 0 Å². The van der Waals surface area contributed by atoms with Crippen molar-refractivity contribution in [2.45, 2.75) is 6.54 Å². The molecule has 0 aliphatic heterocycles. The zero-order valence-electron chi connectivity index (χ0n) is 10.3. The fourth-order valence-electron chi connectivity index (χ4n) is 1.29. The first-order chi connectivity index (χ1) is 8.33. The Bertz CT molecular complexity index is 506. The van der Waals surface area contributed by atoms with Gasteiger partial charge in [0.25, 0.3) is 0 Å². The fraction of sp³-hybridized carbons (Fsp3) is 0.455. The van der Waals surface area contributed by atoms with E-state index in [2.05, 4.69) is 5.32 Å². The maximum Gasteiger partial charge on any atom is 0.214 e. The fourth-order valence-corrected chi connectivity index (χ4v) is 2.25. The highest BCUT2D eigenvalue weighted by atomic mass is 35.5. The Morgan fingerprint density at radius 1 is 1.39 bits per heavy atom. The standard InChI is InChI=1S/C11H16ClFN2O2S/c1-15(2)18(16,17)6-5-14-8-9-7-10(12)3-4-11(9)13/h3-4,7,14H,5-6,8H2,1-2H3. The Morgan fingerprint density at radius 2 is 2.06 bits per heavy atom. The lowest BCUT2D eigenvalue weighted by molar-refractivity contribution is 0.516. The lowest BCUT2D eigenvalue weighted by Crippen LogP contribution is -2.31. The molecular formula is C11H16ClFN2O2S. The summed E-state index contributed by atoms with van der Waals surface area (Å²) < 4.78 is 37.4. The molecular weight excluding hydrogens is 279 g/mol. The molecule has 0 unspecified atom stereocenters. The molecule has 0 saturated carbocycles. The second-order valence-electron chi connectivity index (χ2n) is 4.01. The highest BCUT2D eigenvalue weighted by molar-refractivity contribution is 7.89. The summed E-state index contributed by atoms with van der Waals surface area (Å²) in [5, 5.41) is 3.33. The molecule has 0 amide bonds. The average molecular weight is 295 g/mol. The normalized spacial score (nSPS) is 12.1. The van der Waals surface area contributed by atoms with E-state index in [0.29, 0.717) is 10.6 Å². The summed E-state index contributed by atoms with van der Waals surface area (Å²) in [4.78, 5) is 0. The van der Waals surface area contributed by atoms with E-state index in [4.69, 9.17) is 11.6 Å². The molecule has 7 heteroatoms. The monoisotopic (exact) mass is 294 g/mol. The van der Waals surface area contributed by atoms with E-state index < -0.39 is 10.0 Å². The van der Waals surface area contributed by atoms with Crippen molar-refractivity contribution in [1.29, 1.82) is 0 Å². The number of nitrogens with one attached hydrogen (secondary N) is 1. The largest absolute Gasteiger partial charge is 0.312 e. The second-order valence-corrected chi connectivity index (χ2v) is 6.75. The lowest BCUT2D eigenvalue weighted by atomic mass is 10.2. The number of hydrogen-bond acceptors (Lipinski definition) is 3. The Morgan fingerprint density at radius 3 is 2.67 bits per heavy atom. The van der Waals surface area contributed by atoms with Gasteiger partial charge in [0.15, 0.2) is 0 Å². The van der Waals surface area contributed by atoms with E-state index in [1.165, 1.54) is 32.3 Å². The summed E-state index contributed by atoms with van der Waals surface area (Å²) in [7, 11) is -0.264. The number of hydrogen-bond donors (Lipinski definition) is 1. The molecule has 1 aromatic rings. The summed E-state index contributed by atoms with van der Waals surface area (Å²) in [5.74, 6) is -0.385. The molecule has 1 N–H and O–H groups in total. The first-order valence-corrected chi connectivity index (χ1v) is 7.36. The van der Waals surface area contributed by atoms with Crippen molar-refractivity contribution in [3.05, 3.63) is 34.6 Å². The number of sulfonamides is 1. The van der Waals surface area contributed by atoms with Crippen LogP contribution < -0.4 is 5.32 Å². The lowest BCUT2D eigenvalue weighted by Gasteiger charge is -2.11. The van der Waals surface area contributed by atoms with Gasteiger partial charge < -0.3 is 5.32 Å². The maximum atomic E-state index is 13.3. The van der Waals surface area contributed by atoms with Crippen molar-refractivity contribution < 1.29 is 12.8 Å². The van der Waals surface area contributed by atoms with E-state index in [1.807, 2.05) is 0 Å². The van der Waals surface area contributed by atoms with Crippen LogP contribution in [0.1, 0.15) is 5.56 Å². The maximum absolute atomic E-state index is 13.3. The average Bonchev–Trinajstić information content (AvgIpc) is 2.28. The molecule has 18 heavy (non-hydrogen) atoms. The van der Waals surface area contributed by atoms with Crippen LogP contribution >= 0.6 is 11.6 Å². The van der Waals surface area contributed by atoms with E-state index in [-0.39, 0.29) is 24.7 Å². The van der Waals surface area contributed by atoms with Gasteiger partial charge in [-0.15, -0.1) is 0 Å². The van der Waals surface area contributed by atoms with Crippen LogP contribution in [0.4, 0.5) is 4.39 Å². The quantitative estimate of drug-likeness (QED) is 0.808. The van der Waals surface area contributed by atoms with E-state index in [9.17, 15) is 12.8 Å². The molecule has 0 radical (unpaired) electrons. The predicted octanol–water partition coefficient (Wildman–Crippen LogP) is 1.46. The smallest absolute Gasteiger partial charge is 0.214 e. The molecule has 102 valence electrons. The van der Waals surface area contributed by atoms with Crippen molar-refractivity contribution in [2.24, 2.45) is 0 Å². The minimum Gasteiger partial charge on any atom is -0.312 e. The zero-order chi connectivity index (χ0) is 13.8. The van der Waals surface area contributed by atoms with Crippen molar-refractivity contribution in [3.63, 3.8) is 0 Å². The third kappa shape index (κ3) is 4.53. The summed E-state index contributed by atoms with van der Waals surface area (Å²) in [6.45, 7) is 0.502. The van der Waals surface area contributed by atoms with Crippen LogP contribution in [0, 0.1) is 5.82 Å². The van der Waals surface area contributed by atoms with Crippen molar-refractivity contribution in [2.75, 3.05) is 26.4 Å². The zero-order valence-corrected chi connectivity index (χ0v) is 11.9. The van der Waals surface area contributed by atoms with Crippen molar-refractivity contribution in [1.82, 2.24) is 9.62 Å². The molecule has 4 nitrogen and oxygen atoms in total. The summed E-state index contributed by atoms with van der Waals surface area (Å²) in [6, 6.07) is 4.27. The van der Waals surface area contributed by atoms with Gasteiger partial charge in [-0.2, -0.15) is 0 Å². The van der Waals surface area contributed by atoms with Crippen LogP contribution in [-0.4, -0.2) is 39.1 Å². The van der Waals surface area contributed by atoms with Crippen molar-refractivity contribution >= 4 is 21.6 Å². The Hall–Kier alpha value is -0.690. The third-order valence-electron chi connectivity index (χ3n) is 2.42. The van der Waals surface area contributed by atoms with Crippen LogP contribution in [0.15, 0.2) is 18.2 Å². The molecule has 0 bridgehead atoms. The van der Waals surface area contributed by atoms with E-state index in [0.717, 1.165) is 4.31 Å². The Kier molecular flexibility index (Phi) is 5.52. The van der Waals surface area contributed by atoms with Crippen LogP contribution in [0.25, 0.3) is 0 Å². The molecule has 0 fully saturated rings. The molecule has 0 aliphatic carbocycles. The van der Waals surface area contributed by atoms with Gasteiger partial charge in [0, 0.05) is 37.8 Å². The number of halogens is 2. The number of nitrogens with zero attached hydrogens (tertiary/aromatic N) is 1. The minimum absolute atomic E-state index is 0.0256. The molecule has 0 saturated heterocycles. The first-order valence-electron chi connectivity index (χ1n) is 5.38. The highest BCUT2D eigenvalue weighted by Crippen LogP contribution is 2.14. The molecule has 0 atom stereocenters. The van der Waals surface area contributed by atoms with Gasteiger partial charge in [-0.25, -0.2) is 17.1 Å². The SMILES string of the molecule is CN(C)S(=O)(=O)CCNCc1cc(Cl)ccc1F. The molecule has 0 spiro atoms. The van der Waals surface area contributed by atoms with Crippen molar-refractivity contribution in [3.8, 4) is 0 Å². The molecule has 0 aromatic heterocycles. The number of benzene rings is 1. The first kappa shape index (κ1) is 15.4. The molecule has 1 rings (SSSR count). The van der Waals surface area contributed by atoms with Gasteiger partial charge in [-0.1, -0.05) is 11.6 Å². The van der Waals surface area contributed by atoms with Crippen LogP contribution in [0.2, 0.25) is 5.02 Å². The second kappa shape index (κ2) is 6.47. The number of rotatable bonds is 6. The van der Waals surface area contributed by atoms with Gasteiger partial charge in [0.05, 0.1) is 5.75 Å². The van der Waals surface area contributed by atoms with Gasteiger partial charge >= 0.3 is 0 Å². The van der Waals surface area contributed by atoms with Gasteiger partial charge in [0.1, 0.15) is 5.82 Å². The summed E-state index contributed by atoms with van der Waals surface area (Å²) >= 11 is 5.75. The summed E-state index contributed by atoms with van der Waals surface area (Å²) in [5.41, 5.74) is 0.421. The highest BCUT2D eigenvalue weighted by Gasteiger charge is 2.12. The Labute approximate surface area is 112 Å². The molecule has 1 aromatic carbocycles. The van der Waals surface area contributed by atoms with Gasteiger partial charge in [-0.05, 0) is 18.2 Å².